The predicted octanol–water partition coefficient (Wildman–Crippen LogP) is 2.66. The molecule has 1 saturated heterocycles. The van der Waals surface area contributed by atoms with Gasteiger partial charge in [-0.2, -0.15) is 0 Å². The van der Waals surface area contributed by atoms with Crippen LogP contribution < -0.4 is 10.6 Å². The van der Waals surface area contributed by atoms with Crippen molar-refractivity contribution in [2.75, 3.05) is 13.2 Å². The Kier molecular flexibility index (Phi) is 6.41. The van der Waals surface area contributed by atoms with Crippen molar-refractivity contribution < 1.29 is 29.0 Å². The van der Waals surface area contributed by atoms with Crippen LogP contribution in [0.5, 0.6) is 0 Å². The third kappa shape index (κ3) is 4.31. The molecule has 0 aromatic heterocycles. The highest BCUT2D eigenvalue weighted by molar-refractivity contribution is 5.86. The number of carboxylic acids is 1. The van der Waals surface area contributed by atoms with Crippen LogP contribution in [0.4, 0.5) is 4.79 Å². The predicted molar refractivity (Wildman–Crippen MR) is 116 cm³/mol. The Labute approximate surface area is 185 Å². The number of carbonyl (C=O) groups is 3. The van der Waals surface area contributed by atoms with E-state index in [9.17, 15) is 19.5 Å². The molecule has 1 heterocycles. The van der Waals surface area contributed by atoms with Gasteiger partial charge in [0.15, 0.2) is 6.10 Å². The average molecular weight is 438 g/mol. The molecule has 2 aromatic rings. The van der Waals surface area contributed by atoms with Crippen LogP contribution in [0.3, 0.4) is 0 Å². The van der Waals surface area contributed by atoms with Crippen LogP contribution in [0.2, 0.25) is 0 Å². The normalized spacial score (nSPS) is 20.2. The lowest BCUT2D eigenvalue weighted by atomic mass is 9.98. The van der Waals surface area contributed by atoms with E-state index in [1.54, 1.807) is 6.92 Å². The standard InChI is InChI=1S/C24H26N2O6/c1-2-19(22(27)25-20-11-12-31-21(20)23(28)29)26-24(30)32-13-18-16-9-5-3-7-14(16)15-8-4-6-10-17(15)18/h3-10,18-21H,2,11-13H2,1H3,(H,25,27)(H,26,30)(H,28,29)/t19-,20+,21-/m0/s1. The van der Waals surface area contributed by atoms with Crippen molar-refractivity contribution in [3.05, 3.63) is 59.7 Å². The SMILES string of the molecule is CC[C@H](NC(=O)OCC1c2ccccc2-c2ccccc21)C(=O)N[C@@H]1CCO[C@@H]1C(=O)O. The van der Waals surface area contributed by atoms with E-state index in [1.165, 1.54) is 0 Å². The maximum absolute atomic E-state index is 12.6. The van der Waals surface area contributed by atoms with Crippen molar-refractivity contribution in [1.29, 1.82) is 0 Å². The topological polar surface area (TPSA) is 114 Å². The lowest BCUT2D eigenvalue weighted by Gasteiger charge is -2.22. The zero-order valence-corrected chi connectivity index (χ0v) is 17.7. The number of hydrogen-bond donors (Lipinski definition) is 3. The molecule has 2 amide bonds. The van der Waals surface area contributed by atoms with Gasteiger partial charge < -0.3 is 25.2 Å². The molecular weight excluding hydrogens is 412 g/mol. The van der Waals surface area contributed by atoms with Gasteiger partial charge in [-0.1, -0.05) is 55.5 Å². The van der Waals surface area contributed by atoms with Crippen LogP contribution >= 0.6 is 0 Å². The van der Waals surface area contributed by atoms with Crippen LogP contribution in [0, 0.1) is 0 Å². The van der Waals surface area contributed by atoms with E-state index in [2.05, 4.69) is 22.8 Å². The van der Waals surface area contributed by atoms with E-state index in [-0.39, 0.29) is 19.1 Å². The van der Waals surface area contributed by atoms with E-state index < -0.39 is 36.2 Å². The summed E-state index contributed by atoms with van der Waals surface area (Å²) < 4.78 is 10.7. The molecule has 1 aliphatic carbocycles. The number of fused-ring (bicyclic) bond motifs is 3. The highest BCUT2D eigenvalue weighted by atomic mass is 16.5. The third-order valence-electron chi connectivity index (χ3n) is 6.02. The molecule has 2 aliphatic rings. The van der Waals surface area contributed by atoms with Gasteiger partial charge in [0.05, 0.1) is 6.04 Å². The van der Waals surface area contributed by atoms with Gasteiger partial charge in [-0.25, -0.2) is 9.59 Å². The average Bonchev–Trinajstić information content (AvgIpc) is 3.38. The first-order valence-corrected chi connectivity index (χ1v) is 10.8. The van der Waals surface area contributed by atoms with Crippen molar-refractivity contribution in [1.82, 2.24) is 10.6 Å². The van der Waals surface area contributed by atoms with Crippen LogP contribution in [0.25, 0.3) is 11.1 Å². The fourth-order valence-corrected chi connectivity index (χ4v) is 4.40. The number of hydrogen-bond acceptors (Lipinski definition) is 5. The summed E-state index contributed by atoms with van der Waals surface area (Å²) in [6.45, 7) is 2.17. The lowest BCUT2D eigenvalue weighted by Crippen LogP contribution is -2.52. The van der Waals surface area contributed by atoms with Crippen molar-refractivity contribution in [3.8, 4) is 11.1 Å². The fraction of sp³-hybridized carbons (Fsp3) is 0.375. The number of aliphatic carboxylic acids is 1. The molecule has 4 rings (SSSR count). The second-order valence-electron chi connectivity index (χ2n) is 7.96. The zero-order chi connectivity index (χ0) is 22.7. The van der Waals surface area contributed by atoms with E-state index in [0.29, 0.717) is 12.8 Å². The number of benzene rings is 2. The molecule has 168 valence electrons. The highest BCUT2D eigenvalue weighted by Gasteiger charge is 2.36. The summed E-state index contributed by atoms with van der Waals surface area (Å²) >= 11 is 0. The summed E-state index contributed by atoms with van der Waals surface area (Å²) in [6.07, 6.45) is -1.02. The maximum atomic E-state index is 12.6. The van der Waals surface area contributed by atoms with Gasteiger partial charge in [-0.15, -0.1) is 0 Å². The minimum absolute atomic E-state index is 0.0750. The fourth-order valence-electron chi connectivity index (χ4n) is 4.40. The van der Waals surface area contributed by atoms with Crippen molar-refractivity contribution in [2.24, 2.45) is 0 Å². The number of ether oxygens (including phenoxy) is 2. The molecule has 2 aromatic carbocycles. The lowest BCUT2D eigenvalue weighted by molar-refractivity contribution is -0.148. The van der Waals surface area contributed by atoms with Gasteiger partial charge in [0, 0.05) is 12.5 Å². The molecule has 8 nitrogen and oxygen atoms in total. The molecule has 1 fully saturated rings. The summed E-state index contributed by atoms with van der Waals surface area (Å²) in [5, 5.41) is 14.5. The Morgan fingerprint density at radius 3 is 2.31 bits per heavy atom. The molecule has 0 unspecified atom stereocenters. The number of alkyl carbamates (subject to hydrolysis) is 1. The van der Waals surface area contributed by atoms with Gasteiger partial charge >= 0.3 is 12.1 Å². The van der Waals surface area contributed by atoms with Gasteiger partial charge in [0.1, 0.15) is 12.6 Å². The third-order valence-corrected chi connectivity index (χ3v) is 6.02. The number of nitrogens with one attached hydrogen (secondary N) is 2. The molecule has 0 saturated carbocycles. The molecular formula is C24H26N2O6. The minimum atomic E-state index is -1.12. The van der Waals surface area contributed by atoms with E-state index in [4.69, 9.17) is 9.47 Å². The second-order valence-corrected chi connectivity index (χ2v) is 7.96. The molecule has 3 atom stereocenters. The summed E-state index contributed by atoms with van der Waals surface area (Å²) in [5.41, 5.74) is 4.48. The number of carbonyl (C=O) groups excluding carboxylic acids is 2. The van der Waals surface area contributed by atoms with Gasteiger partial charge in [-0.05, 0) is 35.1 Å². The summed E-state index contributed by atoms with van der Waals surface area (Å²) in [5.74, 6) is -1.65. The summed E-state index contributed by atoms with van der Waals surface area (Å²) in [7, 11) is 0. The molecule has 0 spiro atoms. The first-order valence-electron chi connectivity index (χ1n) is 10.8. The zero-order valence-electron chi connectivity index (χ0n) is 17.7. The molecule has 1 aliphatic heterocycles. The van der Waals surface area contributed by atoms with Gasteiger partial charge in [0.2, 0.25) is 5.91 Å². The Morgan fingerprint density at radius 1 is 1.09 bits per heavy atom. The van der Waals surface area contributed by atoms with E-state index >= 15 is 0 Å². The first-order chi connectivity index (χ1) is 15.5. The van der Waals surface area contributed by atoms with E-state index in [1.807, 2.05) is 36.4 Å². The second kappa shape index (κ2) is 9.40. The van der Waals surface area contributed by atoms with Gasteiger partial charge in [-0.3, -0.25) is 4.79 Å². The van der Waals surface area contributed by atoms with E-state index in [0.717, 1.165) is 22.3 Å². The molecule has 32 heavy (non-hydrogen) atoms. The first kappa shape index (κ1) is 21.8. The molecule has 0 bridgehead atoms. The molecule has 8 heteroatoms. The Balaban J connectivity index is 1.36. The van der Waals surface area contributed by atoms with Crippen molar-refractivity contribution in [2.45, 2.75) is 43.9 Å². The number of rotatable bonds is 7. The summed E-state index contributed by atoms with van der Waals surface area (Å²) in [4.78, 5) is 36.3. The highest BCUT2D eigenvalue weighted by Crippen LogP contribution is 2.44. The van der Waals surface area contributed by atoms with Crippen LogP contribution in [-0.4, -0.2) is 54.5 Å². The largest absolute Gasteiger partial charge is 0.479 e. The molecule has 0 radical (unpaired) electrons. The van der Waals surface area contributed by atoms with Gasteiger partial charge in [0.25, 0.3) is 0 Å². The number of amides is 2. The van der Waals surface area contributed by atoms with Crippen molar-refractivity contribution in [3.63, 3.8) is 0 Å². The van der Waals surface area contributed by atoms with Crippen LogP contribution in [-0.2, 0) is 19.1 Å². The maximum Gasteiger partial charge on any atom is 0.407 e. The smallest absolute Gasteiger partial charge is 0.407 e. The Hall–Kier alpha value is -3.39. The quantitative estimate of drug-likeness (QED) is 0.612. The monoisotopic (exact) mass is 438 g/mol. The Bertz CT molecular complexity index is 978. The summed E-state index contributed by atoms with van der Waals surface area (Å²) in [6, 6.07) is 14.6. The minimum Gasteiger partial charge on any atom is -0.479 e. The van der Waals surface area contributed by atoms with Crippen molar-refractivity contribution >= 4 is 18.0 Å². The Morgan fingerprint density at radius 2 is 1.72 bits per heavy atom. The molecule has 3 N–H and O–H groups in total. The van der Waals surface area contributed by atoms with Crippen LogP contribution in [0.15, 0.2) is 48.5 Å². The van der Waals surface area contributed by atoms with Crippen LogP contribution in [0.1, 0.15) is 36.8 Å². The number of carboxylic acid groups (broad SMARTS) is 1.